The number of cyclic esters (lactones) is 1. The van der Waals surface area contributed by atoms with Crippen molar-refractivity contribution < 1.29 is 34.1 Å². The predicted octanol–water partition coefficient (Wildman–Crippen LogP) is 0.432. The number of aliphatic hydroxyl groups is 2. The Morgan fingerprint density at radius 1 is 1.15 bits per heavy atom. The van der Waals surface area contributed by atoms with Gasteiger partial charge in [0.15, 0.2) is 6.04 Å². The second kappa shape index (κ2) is 13.2. The smallest absolute Gasteiger partial charge is 0.329 e. The summed E-state index contributed by atoms with van der Waals surface area (Å²) in [5, 5.41) is 30.0. The van der Waals surface area contributed by atoms with Crippen LogP contribution in [-0.4, -0.2) is 82.1 Å². The maximum Gasteiger partial charge on any atom is 0.329 e. The third-order valence-corrected chi connectivity index (χ3v) is 7.64. The number of aliphatic imine (C=N–C) groups is 1. The first-order valence-electron chi connectivity index (χ1n) is 13.6. The van der Waals surface area contributed by atoms with E-state index in [1.165, 1.54) is 39.1 Å². The minimum atomic E-state index is -1.60. The Morgan fingerprint density at radius 3 is 2.45 bits per heavy atom. The minimum absolute atomic E-state index is 0.196. The zero-order valence-corrected chi connectivity index (χ0v) is 23.5. The van der Waals surface area contributed by atoms with Crippen LogP contribution in [0.2, 0.25) is 0 Å². The minimum Gasteiger partial charge on any atom is -0.458 e. The fourth-order valence-electron chi connectivity index (χ4n) is 4.76. The predicted molar refractivity (Wildman–Crippen MR) is 148 cm³/mol. The van der Waals surface area contributed by atoms with Crippen molar-refractivity contribution in [3.8, 4) is 0 Å². The molecule has 1 saturated heterocycles. The quantitative estimate of drug-likeness (QED) is 0.317. The molecule has 0 saturated carbocycles. The summed E-state index contributed by atoms with van der Waals surface area (Å²) in [6, 6.07) is 4.56. The average Bonchev–Trinajstić information content (AvgIpc) is 2.92. The highest BCUT2D eigenvalue weighted by molar-refractivity contribution is 5.93. The molecular formula is C29H40N4O7. The topological polar surface area (TPSA) is 166 Å². The van der Waals surface area contributed by atoms with Gasteiger partial charge in [-0.3, -0.25) is 19.4 Å². The van der Waals surface area contributed by atoms with Crippen LogP contribution in [0, 0.1) is 11.8 Å². The number of amides is 3. The number of nitrogens with one attached hydrogen (secondary N) is 3. The Balaban J connectivity index is 1.99. The lowest BCUT2D eigenvalue weighted by Gasteiger charge is -2.35. The summed E-state index contributed by atoms with van der Waals surface area (Å²) in [6.45, 7) is 8.04. The fourth-order valence-corrected chi connectivity index (χ4v) is 4.76. The number of benzene rings is 1. The van der Waals surface area contributed by atoms with Gasteiger partial charge in [0.25, 0.3) is 0 Å². The SMILES string of the molecule is CCC(C)C1NC(=O)[C@H](C)[C@H](O)[C@H](Cc2ccccc2)NC(=O)[C@@H](NC(=O)C2N=CC=CC2(C)O)[C@@H](C)OC1=O. The first-order chi connectivity index (χ1) is 18.9. The summed E-state index contributed by atoms with van der Waals surface area (Å²) in [7, 11) is 0. The maximum absolute atomic E-state index is 13.7. The zero-order valence-electron chi connectivity index (χ0n) is 23.5. The first-order valence-corrected chi connectivity index (χ1v) is 13.6. The molecule has 0 radical (unpaired) electrons. The Kier molecular flexibility index (Phi) is 10.2. The van der Waals surface area contributed by atoms with Gasteiger partial charge in [0.05, 0.1) is 18.1 Å². The largest absolute Gasteiger partial charge is 0.458 e. The highest BCUT2D eigenvalue weighted by atomic mass is 16.5. The van der Waals surface area contributed by atoms with Crippen LogP contribution in [0.1, 0.15) is 46.6 Å². The summed E-state index contributed by atoms with van der Waals surface area (Å²) in [5.74, 6) is -4.09. The molecule has 4 unspecified atom stereocenters. The zero-order chi connectivity index (χ0) is 29.6. The van der Waals surface area contributed by atoms with E-state index >= 15 is 0 Å². The Bertz CT molecular complexity index is 1140. The van der Waals surface area contributed by atoms with Crippen molar-refractivity contribution in [2.75, 3.05) is 0 Å². The Morgan fingerprint density at radius 2 is 1.82 bits per heavy atom. The number of aliphatic hydroxyl groups excluding tert-OH is 1. The molecule has 0 aromatic heterocycles. The molecule has 2 heterocycles. The number of ether oxygens (including phenoxy) is 1. The Hall–Kier alpha value is -3.57. The van der Waals surface area contributed by atoms with Crippen LogP contribution in [0.3, 0.4) is 0 Å². The van der Waals surface area contributed by atoms with E-state index in [9.17, 15) is 29.4 Å². The number of esters is 1. The van der Waals surface area contributed by atoms with E-state index in [-0.39, 0.29) is 12.3 Å². The monoisotopic (exact) mass is 556 g/mol. The molecule has 1 fully saturated rings. The molecule has 40 heavy (non-hydrogen) atoms. The fraction of sp³-hybridized carbons (Fsp3) is 0.552. The van der Waals surface area contributed by atoms with E-state index in [0.717, 1.165) is 5.56 Å². The number of dihydropyridines is 1. The van der Waals surface area contributed by atoms with E-state index in [2.05, 4.69) is 20.9 Å². The van der Waals surface area contributed by atoms with Gasteiger partial charge in [0.2, 0.25) is 17.7 Å². The van der Waals surface area contributed by atoms with Crippen LogP contribution in [0.4, 0.5) is 0 Å². The van der Waals surface area contributed by atoms with Crippen LogP contribution in [-0.2, 0) is 30.3 Å². The van der Waals surface area contributed by atoms with Crippen molar-refractivity contribution in [2.24, 2.45) is 16.8 Å². The van der Waals surface area contributed by atoms with Gasteiger partial charge in [0.1, 0.15) is 23.8 Å². The normalized spacial score (nSPS) is 34.0. The molecule has 218 valence electrons. The molecule has 3 rings (SSSR count). The van der Waals surface area contributed by atoms with Crippen molar-refractivity contribution in [1.82, 2.24) is 16.0 Å². The molecule has 2 aliphatic heterocycles. The number of nitrogens with zero attached hydrogens (tertiary/aromatic N) is 1. The van der Waals surface area contributed by atoms with Crippen LogP contribution in [0.5, 0.6) is 0 Å². The summed E-state index contributed by atoms with van der Waals surface area (Å²) in [6.07, 6.45) is 2.56. The standard InChI is InChI=1S/C29H40N4O7/c1-6-16(2)21-28(38)40-18(4)22(33-27(37)24-29(5,39)13-10-14-30-24)26(36)31-20(15-19-11-8-7-9-12-19)23(34)17(3)25(35)32-21/h7-14,16-18,20-24,34,39H,6,15H2,1-5H3,(H,31,36)(H,32,35)(H,33,37)/t16?,17-,18-,20+,21?,22+,23+,24?,29?/m1/s1. The lowest BCUT2D eigenvalue weighted by Crippen LogP contribution is -2.62. The van der Waals surface area contributed by atoms with E-state index < -0.39 is 71.6 Å². The number of carbonyl (C=O) groups excluding carboxylic acids is 4. The van der Waals surface area contributed by atoms with Crippen LogP contribution < -0.4 is 16.0 Å². The molecule has 0 spiro atoms. The van der Waals surface area contributed by atoms with Crippen LogP contribution in [0.15, 0.2) is 47.5 Å². The van der Waals surface area contributed by atoms with Crippen molar-refractivity contribution in [3.05, 3.63) is 48.0 Å². The lowest BCUT2D eigenvalue weighted by molar-refractivity contribution is -0.158. The molecule has 2 aliphatic rings. The highest BCUT2D eigenvalue weighted by Crippen LogP contribution is 2.21. The summed E-state index contributed by atoms with van der Waals surface area (Å²) in [5.41, 5.74) is -0.794. The van der Waals surface area contributed by atoms with Gasteiger partial charge in [-0.2, -0.15) is 0 Å². The van der Waals surface area contributed by atoms with E-state index in [1.54, 1.807) is 6.92 Å². The van der Waals surface area contributed by atoms with Crippen LogP contribution in [0.25, 0.3) is 0 Å². The molecule has 0 aliphatic carbocycles. The van der Waals surface area contributed by atoms with Crippen molar-refractivity contribution >= 4 is 29.9 Å². The number of carbonyl (C=O) groups is 4. The van der Waals surface area contributed by atoms with Gasteiger partial charge in [-0.25, -0.2) is 4.79 Å². The molecule has 9 atom stereocenters. The van der Waals surface area contributed by atoms with Gasteiger partial charge in [-0.05, 0) is 43.9 Å². The van der Waals surface area contributed by atoms with E-state index in [0.29, 0.717) is 6.42 Å². The summed E-state index contributed by atoms with van der Waals surface area (Å²) < 4.78 is 5.64. The van der Waals surface area contributed by atoms with Gasteiger partial charge in [-0.1, -0.05) is 57.5 Å². The summed E-state index contributed by atoms with van der Waals surface area (Å²) >= 11 is 0. The first kappa shape index (κ1) is 31.0. The highest BCUT2D eigenvalue weighted by Gasteiger charge is 2.42. The molecule has 3 amide bonds. The van der Waals surface area contributed by atoms with Crippen molar-refractivity contribution in [1.29, 1.82) is 0 Å². The molecule has 5 N–H and O–H groups in total. The molecular weight excluding hydrogens is 516 g/mol. The van der Waals surface area contributed by atoms with E-state index in [1.807, 2.05) is 37.3 Å². The number of hydrogen-bond acceptors (Lipinski definition) is 8. The van der Waals surface area contributed by atoms with Gasteiger partial charge >= 0.3 is 5.97 Å². The second-order valence-corrected chi connectivity index (χ2v) is 10.9. The Labute approximate surface area is 234 Å². The van der Waals surface area contributed by atoms with Crippen molar-refractivity contribution in [3.63, 3.8) is 0 Å². The molecule has 0 bridgehead atoms. The lowest BCUT2D eigenvalue weighted by atomic mass is 9.90. The third kappa shape index (κ3) is 7.33. The van der Waals surface area contributed by atoms with Gasteiger partial charge < -0.3 is 30.9 Å². The molecule has 1 aromatic carbocycles. The number of allylic oxidation sites excluding steroid dienone is 1. The number of hydrogen-bond donors (Lipinski definition) is 5. The maximum atomic E-state index is 13.7. The molecule has 11 nitrogen and oxygen atoms in total. The average molecular weight is 557 g/mol. The van der Waals surface area contributed by atoms with Crippen molar-refractivity contribution in [2.45, 2.75) is 89.4 Å². The summed E-state index contributed by atoms with van der Waals surface area (Å²) in [4.78, 5) is 57.3. The van der Waals surface area contributed by atoms with Gasteiger partial charge in [-0.15, -0.1) is 0 Å². The molecule has 1 aromatic rings. The number of rotatable bonds is 6. The van der Waals surface area contributed by atoms with E-state index in [4.69, 9.17) is 4.74 Å². The van der Waals surface area contributed by atoms with Gasteiger partial charge in [0, 0.05) is 6.21 Å². The molecule has 11 heteroatoms. The third-order valence-electron chi connectivity index (χ3n) is 7.64. The second-order valence-electron chi connectivity index (χ2n) is 10.9. The van der Waals surface area contributed by atoms with Crippen LogP contribution >= 0.6 is 0 Å².